The lowest BCUT2D eigenvalue weighted by Gasteiger charge is -2.12. The molecule has 1 unspecified atom stereocenters. The predicted octanol–water partition coefficient (Wildman–Crippen LogP) is 4.41. The van der Waals surface area contributed by atoms with Crippen LogP contribution in [0, 0.1) is 6.92 Å². The Balaban J connectivity index is 1.48. The molecule has 36 heavy (non-hydrogen) atoms. The molecule has 3 rings (SSSR count). The maximum absolute atomic E-state index is 12.4. The third-order valence-electron chi connectivity index (χ3n) is 5.26. The number of carbonyl (C=O) groups excluding carboxylic acids is 3. The number of urea groups is 1. The van der Waals surface area contributed by atoms with Crippen molar-refractivity contribution < 1.29 is 24.3 Å². The van der Waals surface area contributed by atoms with Gasteiger partial charge in [0.2, 0.25) is 5.91 Å². The number of carboxylic acid groups (broad SMARTS) is 1. The number of aliphatic carboxylic acids is 1. The highest BCUT2D eigenvalue weighted by atomic mass is 16.4. The zero-order valence-electron chi connectivity index (χ0n) is 20.0. The van der Waals surface area contributed by atoms with Crippen LogP contribution in [0.3, 0.4) is 0 Å². The van der Waals surface area contributed by atoms with Crippen molar-refractivity contribution in [3.8, 4) is 0 Å². The normalized spacial score (nSPS) is 11.2. The van der Waals surface area contributed by atoms with Gasteiger partial charge in [0.05, 0.1) is 12.8 Å². The van der Waals surface area contributed by atoms with Gasteiger partial charge < -0.3 is 26.4 Å². The number of nitrogens with one attached hydrogen (secondary N) is 4. The van der Waals surface area contributed by atoms with E-state index in [1.807, 2.05) is 31.2 Å². The van der Waals surface area contributed by atoms with E-state index in [-0.39, 0.29) is 30.7 Å². The minimum Gasteiger partial charge on any atom is -0.481 e. The second-order valence-electron chi connectivity index (χ2n) is 8.37. The molecule has 9 nitrogen and oxygen atoms in total. The van der Waals surface area contributed by atoms with Crippen molar-refractivity contribution in [2.75, 3.05) is 16.0 Å². The van der Waals surface area contributed by atoms with Crippen LogP contribution in [0.25, 0.3) is 0 Å². The molecule has 186 valence electrons. The van der Waals surface area contributed by atoms with E-state index in [0.29, 0.717) is 16.9 Å². The van der Waals surface area contributed by atoms with Crippen molar-refractivity contribution in [3.05, 3.63) is 89.5 Å². The molecular weight excluding hydrogens is 460 g/mol. The second-order valence-corrected chi connectivity index (χ2v) is 8.37. The highest BCUT2D eigenvalue weighted by Crippen LogP contribution is 2.16. The summed E-state index contributed by atoms with van der Waals surface area (Å²) >= 11 is 0. The van der Waals surface area contributed by atoms with E-state index in [2.05, 4.69) is 21.3 Å². The summed E-state index contributed by atoms with van der Waals surface area (Å²) in [5.41, 5.74) is 3.93. The molecule has 0 fully saturated rings. The summed E-state index contributed by atoms with van der Waals surface area (Å²) < 4.78 is 0. The van der Waals surface area contributed by atoms with Crippen molar-refractivity contribution in [2.24, 2.45) is 0 Å². The van der Waals surface area contributed by atoms with Crippen molar-refractivity contribution in [2.45, 2.75) is 32.7 Å². The molecular formula is C27H28N4O5. The maximum atomic E-state index is 12.4. The fourth-order valence-corrected chi connectivity index (χ4v) is 3.42. The van der Waals surface area contributed by atoms with Gasteiger partial charge in [0.1, 0.15) is 0 Å². The van der Waals surface area contributed by atoms with Crippen LogP contribution >= 0.6 is 0 Å². The fraction of sp³-hybridized carbons (Fsp3) is 0.185. The Morgan fingerprint density at radius 2 is 1.42 bits per heavy atom. The highest BCUT2D eigenvalue weighted by molar-refractivity contribution is 6.00. The lowest BCUT2D eigenvalue weighted by molar-refractivity contribution is -0.137. The average Bonchev–Trinajstić information content (AvgIpc) is 2.81. The molecule has 1 atom stereocenters. The molecule has 0 aliphatic rings. The summed E-state index contributed by atoms with van der Waals surface area (Å²) in [6, 6.07) is 19.9. The molecule has 3 aromatic rings. The van der Waals surface area contributed by atoms with Crippen LogP contribution in [0.15, 0.2) is 72.8 Å². The minimum atomic E-state index is -0.990. The molecule has 0 saturated heterocycles. The van der Waals surface area contributed by atoms with Crippen LogP contribution in [0.5, 0.6) is 0 Å². The monoisotopic (exact) mass is 488 g/mol. The second kappa shape index (κ2) is 12.2. The highest BCUT2D eigenvalue weighted by Gasteiger charge is 2.13. The first-order valence-electron chi connectivity index (χ1n) is 11.3. The van der Waals surface area contributed by atoms with E-state index in [0.717, 1.165) is 16.8 Å². The lowest BCUT2D eigenvalue weighted by atomic mass is 10.1. The smallest absolute Gasteiger partial charge is 0.323 e. The Kier molecular flexibility index (Phi) is 8.77. The number of aryl methyl sites for hydroxylation is 1. The molecule has 0 saturated carbocycles. The summed E-state index contributed by atoms with van der Waals surface area (Å²) in [5, 5.41) is 19.7. The summed E-state index contributed by atoms with van der Waals surface area (Å²) in [5.74, 6) is -1.61. The van der Waals surface area contributed by atoms with Gasteiger partial charge in [-0.3, -0.25) is 14.4 Å². The first kappa shape index (κ1) is 26.0. The van der Waals surface area contributed by atoms with Crippen LogP contribution in [-0.4, -0.2) is 35.0 Å². The average molecular weight is 489 g/mol. The third kappa shape index (κ3) is 7.98. The molecule has 9 heteroatoms. The summed E-state index contributed by atoms with van der Waals surface area (Å²) in [6.07, 6.45) is -0.0396. The maximum Gasteiger partial charge on any atom is 0.323 e. The number of carboxylic acids is 1. The molecule has 0 aliphatic heterocycles. The van der Waals surface area contributed by atoms with Gasteiger partial charge in [-0.25, -0.2) is 4.79 Å². The standard InChI is InChI=1S/C27H28N4O5/c1-17-5-3-4-6-23(17)31-27(36)30-22-11-7-19(8-12-22)16-24(32)29-21-13-9-20(10-14-21)26(35)28-18(2)15-25(33)34/h3-14,18H,15-16H2,1-2H3,(H,28,35)(H,29,32)(H,33,34)(H2,30,31,36). The van der Waals surface area contributed by atoms with Crippen molar-refractivity contribution in [1.82, 2.24) is 5.32 Å². The van der Waals surface area contributed by atoms with Crippen molar-refractivity contribution in [1.29, 1.82) is 0 Å². The van der Waals surface area contributed by atoms with Gasteiger partial charge in [-0.1, -0.05) is 30.3 Å². The number of hydrogen-bond donors (Lipinski definition) is 5. The number of benzene rings is 3. The SMILES string of the molecule is Cc1ccccc1NC(=O)Nc1ccc(CC(=O)Nc2ccc(C(=O)NC(C)CC(=O)O)cc2)cc1. The van der Waals surface area contributed by atoms with Gasteiger partial charge in [-0.2, -0.15) is 0 Å². The zero-order valence-corrected chi connectivity index (χ0v) is 20.0. The van der Waals surface area contributed by atoms with Crippen molar-refractivity contribution in [3.63, 3.8) is 0 Å². The molecule has 4 amide bonds. The van der Waals surface area contributed by atoms with E-state index < -0.39 is 12.0 Å². The van der Waals surface area contributed by atoms with Gasteiger partial charge in [0.25, 0.3) is 5.91 Å². The number of amides is 4. The molecule has 0 heterocycles. The van der Waals surface area contributed by atoms with E-state index in [4.69, 9.17) is 5.11 Å². The Labute approximate surface area is 208 Å². The summed E-state index contributed by atoms with van der Waals surface area (Å²) in [6.45, 7) is 3.52. The van der Waals surface area contributed by atoms with Crippen LogP contribution in [0.1, 0.15) is 34.8 Å². The summed E-state index contributed by atoms with van der Waals surface area (Å²) in [4.78, 5) is 47.6. The first-order valence-corrected chi connectivity index (χ1v) is 11.3. The Morgan fingerprint density at radius 1 is 0.806 bits per heavy atom. The van der Waals surface area contributed by atoms with Gasteiger partial charge >= 0.3 is 12.0 Å². The van der Waals surface area contributed by atoms with E-state index in [1.165, 1.54) is 0 Å². The van der Waals surface area contributed by atoms with Crippen LogP contribution in [0.4, 0.5) is 21.9 Å². The van der Waals surface area contributed by atoms with Gasteiger partial charge in [0.15, 0.2) is 0 Å². The minimum absolute atomic E-state index is 0.130. The molecule has 0 aliphatic carbocycles. The predicted molar refractivity (Wildman–Crippen MR) is 138 cm³/mol. The number of hydrogen-bond acceptors (Lipinski definition) is 4. The van der Waals surface area contributed by atoms with Gasteiger partial charge in [-0.15, -0.1) is 0 Å². The Morgan fingerprint density at radius 3 is 2.06 bits per heavy atom. The fourth-order valence-electron chi connectivity index (χ4n) is 3.42. The number of carbonyl (C=O) groups is 4. The van der Waals surface area contributed by atoms with Crippen LogP contribution in [-0.2, 0) is 16.0 Å². The lowest BCUT2D eigenvalue weighted by Crippen LogP contribution is -2.34. The number of rotatable bonds is 9. The molecule has 0 bridgehead atoms. The van der Waals surface area contributed by atoms with E-state index in [1.54, 1.807) is 55.5 Å². The Hall–Kier alpha value is -4.66. The third-order valence-corrected chi connectivity index (χ3v) is 5.26. The number of anilines is 3. The van der Waals surface area contributed by atoms with Gasteiger partial charge in [0, 0.05) is 28.7 Å². The van der Waals surface area contributed by atoms with Crippen molar-refractivity contribution >= 4 is 40.9 Å². The molecule has 5 N–H and O–H groups in total. The molecule has 0 radical (unpaired) electrons. The Bertz CT molecular complexity index is 1240. The quantitative estimate of drug-likeness (QED) is 0.304. The van der Waals surface area contributed by atoms with Crippen LogP contribution < -0.4 is 21.3 Å². The van der Waals surface area contributed by atoms with E-state index >= 15 is 0 Å². The van der Waals surface area contributed by atoms with Gasteiger partial charge in [-0.05, 0) is 67.4 Å². The first-order chi connectivity index (χ1) is 17.2. The number of para-hydroxylation sites is 1. The summed E-state index contributed by atoms with van der Waals surface area (Å²) in [7, 11) is 0. The molecule has 3 aromatic carbocycles. The van der Waals surface area contributed by atoms with E-state index in [9.17, 15) is 19.2 Å². The zero-order chi connectivity index (χ0) is 26.1. The van der Waals surface area contributed by atoms with Crippen LogP contribution in [0.2, 0.25) is 0 Å². The molecule has 0 aromatic heterocycles. The largest absolute Gasteiger partial charge is 0.481 e. The molecule has 0 spiro atoms. The topological polar surface area (TPSA) is 137 Å².